The molecule has 0 unspecified atom stereocenters. The van der Waals surface area contributed by atoms with Crippen molar-refractivity contribution < 1.29 is 19.4 Å². The van der Waals surface area contributed by atoms with E-state index in [-0.39, 0.29) is 17.9 Å². The van der Waals surface area contributed by atoms with E-state index < -0.39 is 5.97 Å². The van der Waals surface area contributed by atoms with Crippen LogP contribution in [0, 0.1) is 5.92 Å². The van der Waals surface area contributed by atoms with Gasteiger partial charge in [-0.25, -0.2) is 0 Å². The largest absolute Gasteiger partial charge is 0.489 e. The van der Waals surface area contributed by atoms with Crippen molar-refractivity contribution in [2.75, 3.05) is 0 Å². The van der Waals surface area contributed by atoms with Gasteiger partial charge >= 0.3 is 5.97 Å². The standard InChI is InChI=1S/C21H23NO4/c23-20(22-18-11-9-16(10-12-18)21(24)25)17-7-4-8-19(13-17)26-14-15-5-2-1-3-6-15/h1-8,13,16,18H,9-12,14H2,(H,22,23)(H,24,25). The summed E-state index contributed by atoms with van der Waals surface area (Å²) in [7, 11) is 0. The lowest BCUT2D eigenvalue weighted by atomic mass is 9.86. The van der Waals surface area contributed by atoms with Gasteiger partial charge in [0.2, 0.25) is 0 Å². The van der Waals surface area contributed by atoms with E-state index in [4.69, 9.17) is 9.84 Å². The number of hydrogen-bond acceptors (Lipinski definition) is 3. The molecule has 0 saturated heterocycles. The summed E-state index contributed by atoms with van der Waals surface area (Å²) < 4.78 is 5.77. The number of aliphatic carboxylic acids is 1. The highest BCUT2D eigenvalue weighted by atomic mass is 16.5. The lowest BCUT2D eigenvalue weighted by molar-refractivity contribution is -0.142. The van der Waals surface area contributed by atoms with E-state index in [9.17, 15) is 9.59 Å². The number of ether oxygens (including phenoxy) is 1. The Balaban J connectivity index is 1.54. The predicted molar refractivity (Wildman–Crippen MR) is 98.1 cm³/mol. The minimum atomic E-state index is -0.738. The highest BCUT2D eigenvalue weighted by Gasteiger charge is 2.26. The number of hydrogen-bond donors (Lipinski definition) is 2. The van der Waals surface area contributed by atoms with Crippen LogP contribution in [0.25, 0.3) is 0 Å². The van der Waals surface area contributed by atoms with Crippen LogP contribution in [0.1, 0.15) is 41.6 Å². The lowest BCUT2D eigenvalue weighted by Gasteiger charge is -2.26. The van der Waals surface area contributed by atoms with Gasteiger partial charge in [-0.2, -0.15) is 0 Å². The van der Waals surface area contributed by atoms with Gasteiger partial charge in [-0.15, -0.1) is 0 Å². The van der Waals surface area contributed by atoms with Gasteiger partial charge in [0, 0.05) is 11.6 Å². The Morgan fingerprint density at radius 1 is 1.00 bits per heavy atom. The van der Waals surface area contributed by atoms with E-state index >= 15 is 0 Å². The van der Waals surface area contributed by atoms with Crippen molar-refractivity contribution in [3.8, 4) is 5.75 Å². The van der Waals surface area contributed by atoms with Crippen LogP contribution in [0.2, 0.25) is 0 Å². The van der Waals surface area contributed by atoms with Crippen LogP contribution < -0.4 is 10.1 Å². The lowest BCUT2D eigenvalue weighted by Crippen LogP contribution is -2.38. The van der Waals surface area contributed by atoms with Crippen molar-refractivity contribution >= 4 is 11.9 Å². The monoisotopic (exact) mass is 353 g/mol. The van der Waals surface area contributed by atoms with Crippen LogP contribution in [0.5, 0.6) is 5.75 Å². The summed E-state index contributed by atoms with van der Waals surface area (Å²) in [6, 6.07) is 17.0. The highest BCUT2D eigenvalue weighted by Crippen LogP contribution is 2.25. The summed E-state index contributed by atoms with van der Waals surface area (Å²) in [5.74, 6) is -0.513. The van der Waals surface area contributed by atoms with E-state index in [0.29, 0.717) is 43.6 Å². The fourth-order valence-corrected chi connectivity index (χ4v) is 3.22. The Morgan fingerprint density at radius 3 is 2.42 bits per heavy atom. The molecule has 1 saturated carbocycles. The minimum Gasteiger partial charge on any atom is -0.489 e. The molecular weight excluding hydrogens is 330 g/mol. The molecular formula is C21H23NO4. The maximum absolute atomic E-state index is 12.5. The van der Waals surface area contributed by atoms with Crippen LogP contribution in [0.15, 0.2) is 54.6 Å². The summed E-state index contributed by atoms with van der Waals surface area (Å²) in [6.07, 6.45) is 2.63. The van der Waals surface area contributed by atoms with Crippen molar-refractivity contribution in [1.82, 2.24) is 5.32 Å². The first-order chi connectivity index (χ1) is 12.6. The van der Waals surface area contributed by atoms with E-state index in [2.05, 4.69) is 5.32 Å². The van der Waals surface area contributed by atoms with Crippen LogP contribution in [0.4, 0.5) is 0 Å². The second-order valence-electron chi connectivity index (χ2n) is 6.66. The second kappa shape index (κ2) is 8.52. The SMILES string of the molecule is O=C(NC1CCC(C(=O)O)CC1)c1cccc(OCc2ccccc2)c1. The molecule has 0 aliphatic heterocycles. The zero-order valence-electron chi connectivity index (χ0n) is 14.6. The van der Waals surface area contributed by atoms with Crippen LogP contribution in [0.3, 0.4) is 0 Å². The van der Waals surface area contributed by atoms with Crippen LogP contribution in [-0.4, -0.2) is 23.0 Å². The first-order valence-electron chi connectivity index (χ1n) is 8.92. The van der Waals surface area contributed by atoms with Gasteiger partial charge in [-0.3, -0.25) is 9.59 Å². The maximum atomic E-state index is 12.5. The van der Waals surface area contributed by atoms with E-state index in [1.54, 1.807) is 18.2 Å². The average Bonchev–Trinajstić information content (AvgIpc) is 2.68. The number of amides is 1. The van der Waals surface area contributed by atoms with Gasteiger partial charge in [0.25, 0.3) is 5.91 Å². The van der Waals surface area contributed by atoms with E-state index in [1.165, 1.54) is 0 Å². The number of carboxylic acid groups (broad SMARTS) is 1. The summed E-state index contributed by atoms with van der Waals surface area (Å²) in [5, 5.41) is 12.1. The number of nitrogens with one attached hydrogen (secondary N) is 1. The molecule has 1 aliphatic carbocycles. The fourth-order valence-electron chi connectivity index (χ4n) is 3.22. The Kier molecular flexibility index (Phi) is 5.89. The average molecular weight is 353 g/mol. The first-order valence-corrected chi connectivity index (χ1v) is 8.92. The first kappa shape index (κ1) is 18.0. The summed E-state index contributed by atoms with van der Waals surface area (Å²) in [6.45, 7) is 0.450. The van der Waals surface area contributed by atoms with E-state index in [0.717, 1.165) is 5.56 Å². The Hall–Kier alpha value is -2.82. The molecule has 2 aromatic carbocycles. The fraction of sp³-hybridized carbons (Fsp3) is 0.333. The number of carboxylic acids is 1. The zero-order chi connectivity index (χ0) is 18.4. The molecule has 0 aromatic heterocycles. The number of carbonyl (C=O) groups excluding carboxylic acids is 1. The molecule has 1 aliphatic rings. The van der Waals surface area contributed by atoms with Gasteiger partial charge in [0.05, 0.1) is 5.92 Å². The molecule has 0 heterocycles. The molecule has 5 nitrogen and oxygen atoms in total. The quantitative estimate of drug-likeness (QED) is 0.831. The van der Waals surface area contributed by atoms with Crippen molar-refractivity contribution in [2.45, 2.75) is 38.3 Å². The van der Waals surface area contributed by atoms with E-state index in [1.807, 2.05) is 36.4 Å². The minimum absolute atomic E-state index is 0.0343. The summed E-state index contributed by atoms with van der Waals surface area (Å²) in [4.78, 5) is 23.5. The number of carbonyl (C=O) groups is 2. The van der Waals surface area contributed by atoms with Gasteiger partial charge in [-0.1, -0.05) is 36.4 Å². The third-order valence-electron chi connectivity index (χ3n) is 4.76. The second-order valence-corrected chi connectivity index (χ2v) is 6.66. The van der Waals surface area contributed by atoms with Gasteiger partial charge < -0.3 is 15.2 Å². The maximum Gasteiger partial charge on any atom is 0.306 e. The molecule has 0 atom stereocenters. The van der Waals surface area contributed by atoms with Gasteiger partial charge in [0.15, 0.2) is 0 Å². The molecule has 3 rings (SSSR count). The third-order valence-corrected chi connectivity index (χ3v) is 4.76. The van der Waals surface area contributed by atoms with Crippen molar-refractivity contribution in [3.63, 3.8) is 0 Å². The third kappa shape index (κ3) is 4.85. The normalized spacial score (nSPS) is 19.5. The predicted octanol–water partition coefficient (Wildman–Crippen LogP) is 3.64. The molecule has 1 fully saturated rings. The molecule has 0 bridgehead atoms. The van der Waals surface area contributed by atoms with Crippen molar-refractivity contribution in [1.29, 1.82) is 0 Å². The molecule has 2 N–H and O–H groups in total. The number of benzene rings is 2. The molecule has 5 heteroatoms. The number of rotatable bonds is 6. The smallest absolute Gasteiger partial charge is 0.306 e. The topological polar surface area (TPSA) is 75.6 Å². The summed E-state index contributed by atoms with van der Waals surface area (Å²) in [5.41, 5.74) is 1.62. The Morgan fingerprint density at radius 2 is 1.73 bits per heavy atom. The van der Waals surface area contributed by atoms with Crippen LogP contribution >= 0.6 is 0 Å². The van der Waals surface area contributed by atoms with Crippen molar-refractivity contribution in [3.05, 3.63) is 65.7 Å². The van der Waals surface area contributed by atoms with Gasteiger partial charge in [-0.05, 0) is 49.4 Å². The molecule has 1 amide bonds. The Labute approximate surface area is 153 Å². The molecule has 0 radical (unpaired) electrons. The molecule has 0 spiro atoms. The molecule has 136 valence electrons. The zero-order valence-corrected chi connectivity index (χ0v) is 14.6. The van der Waals surface area contributed by atoms with Crippen molar-refractivity contribution in [2.24, 2.45) is 5.92 Å². The Bertz CT molecular complexity index is 752. The van der Waals surface area contributed by atoms with Gasteiger partial charge in [0.1, 0.15) is 12.4 Å². The highest BCUT2D eigenvalue weighted by molar-refractivity contribution is 5.94. The molecule has 26 heavy (non-hydrogen) atoms. The molecule has 2 aromatic rings. The summed E-state index contributed by atoms with van der Waals surface area (Å²) >= 11 is 0. The van der Waals surface area contributed by atoms with Crippen LogP contribution in [-0.2, 0) is 11.4 Å².